The Morgan fingerprint density at radius 1 is 0.756 bits per heavy atom. The molecule has 0 saturated carbocycles. The molecule has 0 bridgehead atoms. The molecule has 228 valence electrons. The van der Waals surface area contributed by atoms with Crippen LogP contribution in [0.2, 0.25) is 0 Å². The van der Waals surface area contributed by atoms with E-state index in [1.807, 2.05) is 0 Å². The van der Waals surface area contributed by atoms with Gasteiger partial charge in [-0.2, -0.15) is 0 Å². The molecule has 10 nitrogen and oxygen atoms in total. The number of thioether (sulfide) groups is 1. The van der Waals surface area contributed by atoms with Crippen molar-refractivity contribution >= 4 is 47.2 Å². The molecular formula is C34H29N3O7S. The van der Waals surface area contributed by atoms with Gasteiger partial charge in [-0.25, -0.2) is 0 Å². The van der Waals surface area contributed by atoms with Crippen LogP contribution in [0, 0.1) is 0 Å². The van der Waals surface area contributed by atoms with Crippen molar-refractivity contribution in [2.24, 2.45) is 0 Å². The highest BCUT2D eigenvalue weighted by Gasteiger charge is 2.34. The maximum Gasteiger partial charge on any atom is 0.272 e. The summed E-state index contributed by atoms with van der Waals surface area (Å²) in [7, 11) is 4.47. The normalized spacial score (nSPS) is 12.4. The van der Waals surface area contributed by atoms with Gasteiger partial charge in [-0.1, -0.05) is 30.3 Å². The smallest absolute Gasteiger partial charge is 0.272 e. The molecule has 0 saturated heterocycles. The minimum Gasteiger partial charge on any atom is -0.496 e. The number of rotatable bonds is 11. The van der Waals surface area contributed by atoms with Crippen molar-refractivity contribution in [3.05, 3.63) is 119 Å². The molecule has 4 amide bonds. The summed E-state index contributed by atoms with van der Waals surface area (Å²) >= 11 is 1.32. The van der Waals surface area contributed by atoms with Gasteiger partial charge in [-0.3, -0.25) is 24.1 Å². The van der Waals surface area contributed by atoms with Crippen LogP contribution >= 0.6 is 11.8 Å². The summed E-state index contributed by atoms with van der Waals surface area (Å²) in [6.45, 7) is 0. The maximum absolute atomic E-state index is 13.5. The van der Waals surface area contributed by atoms with Crippen LogP contribution in [0.1, 0.15) is 36.6 Å². The van der Waals surface area contributed by atoms with Gasteiger partial charge in [-0.15, -0.1) is 11.8 Å². The number of hydrogen-bond donors (Lipinski definition) is 2. The van der Waals surface area contributed by atoms with Crippen molar-refractivity contribution in [3.8, 4) is 17.2 Å². The van der Waals surface area contributed by atoms with E-state index in [2.05, 4.69) is 10.6 Å². The summed E-state index contributed by atoms with van der Waals surface area (Å²) in [6.07, 6.45) is 1.49. The average Bonchev–Trinajstić information content (AvgIpc) is 3.32. The predicted molar refractivity (Wildman–Crippen MR) is 171 cm³/mol. The lowest BCUT2D eigenvalue weighted by atomic mass is 10.1. The molecule has 0 atom stereocenters. The molecule has 11 heteroatoms. The van der Waals surface area contributed by atoms with Crippen molar-refractivity contribution < 1.29 is 33.4 Å². The van der Waals surface area contributed by atoms with Gasteiger partial charge in [-0.05, 0) is 60.7 Å². The highest BCUT2D eigenvalue weighted by Crippen LogP contribution is 2.36. The summed E-state index contributed by atoms with van der Waals surface area (Å²) in [6, 6.07) is 25.4. The number of benzene rings is 4. The molecule has 2 N–H and O–H groups in total. The largest absolute Gasteiger partial charge is 0.496 e. The zero-order valence-electron chi connectivity index (χ0n) is 24.7. The first kappa shape index (κ1) is 30.9. The maximum atomic E-state index is 13.5. The van der Waals surface area contributed by atoms with Crippen molar-refractivity contribution in [1.82, 2.24) is 10.2 Å². The Morgan fingerprint density at radius 3 is 1.93 bits per heavy atom. The minimum absolute atomic E-state index is 0.0431. The summed E-state index contributed by atoms with van der Waals surface area (Å²) in [5.74, 6) is -0.321. The van der Waals surface area contributed by atoms with Crippen molar-refractivity contribution in [3.63, 3.8) is 0 Å². The summed E-state index contributed by atoms with van der Waals surface area (Å²) in [5, 5.41) is 5.52. The molecule has 1 aliphatic rings. The van der Waals surface area contributed by atoms with E-state index in [-0.39, 0.29) is 23.4 Å². The van der Waals surface area contributed by atoms with E-state index in [1.54, 1.807) is 91.0 Å². The number of nitrogens with one attached hydrogen (secondary N) is 2. The zero-order valence-corrected chi connectivity index (χ0v) is 25.5. The number of hydrogen-bond acceptors (Lipinski definition) is 8. The zero-order chi connectivity index (χ0) is 31.9. The Balaban J connectivity index is 1.34. The van der Waals surface area contributed by atoms with Gasteiger partial charge in [0.05, 0.1) is 38.3 Å². The Bertz CT molecular complexity index is 1750. The lowest BCUT2D eigenvalue weighted by Gasteiger charge is -2.15. The number of imide groups is 1. The number of ether oxygens (including phenoxy) is 3. The third kappa shape index (κ3) is 6.84. The quantitative estimate of drug-likeness (QED) is 0.128. The van der Waals surface area contributed by atoms with E-state index in [0.29, 0.717) is 45.2 Å². The molecule has 0 aromatic heterocycles. The standard InChI is InChI=1S/C34H29N3O7S/c1-42-28-19-30(44-3)29(43-2)18-22(28)17-27(36-31(38)21-9-5-4-6-10-21)32(39)35-23-13-15-24(16-14-23)45-20-37-33(40)25-11-7-8-12-26(25)34(37)41/h4-19H,20H2,1-3H3,(H,35,39)(H,36,38)/b27-17-. The highest BCUT2D eigenvalue weighted by molar-refractivity contribution is 7.99. The van der Waals surface area contributed by atoms with Crippen LogP contribution in [0.5, 0.6) is 17.2 Å². The lowest BCUT2D eigenvalue weighted by Crippen LogP contribution is -2.30. The Hall–Kier alpha value is -5.55. The molecular weight excluding hydrogens is 594 g/mol. The predicted octanol–water partition coefficient (Wildman–Crippen LogP) is 5.47. The van der Waals surface area contributed by atoms with Gasteiger partial charge in [0.2, 0.25) is 0 Å². The number of carbonyl (C=O) groups is 4. The third-order valence-corrected chi connectivity index (χ3v) is 7.91. The number of nitrogens with zero attached hydrogens (tertiary/aromatic N) is 1. The fourth-order valence-electron chi connectivity index (χ4n) is 4.59. The molecule has 4 aromatic carbocycles. The second-order valence-electron chi connectivity index (χ2n) is 9.66. The molecule has 0 radical (unpaired) electrons. The molecule has 1 aliphatic heterocycles. The van der Waals surface area contributed by atoms with E-state index in [4.69, 9.17) is 14.2 Å². The number of fused-ring (bicyclic) bond motifs is 1. The first-order valence-electron chi connectivity index (χ1n) is 13.7. The van der Waals surface area contributed by atoms with Gasteiger partial charge in [0.15, 0.2) is 11.5 Å². The molecule has 0 unspecified atom stereocenters. The van der Waals surface area contributed by atoms with Gasteiger partial charge in [0.25, 0.3) is 23.6 Å². The van der Waals surface area contributed by atoms with E-state index in [1.165, 1.54) is 44.1 Å². The second-order valence-corrected chi connectivity index (χ2v) is 10.7. The minimum atomic E-state index is -0.581. The van der Waals surface area contributed by atoms with Crippen LogP contribution in [0.15, 0.2) is 102 Å². The van der Waals surface area contributed by atoms with Crippen LogP contribution < -0.4 is 24.8 Å². The highest BCUT2D eigenvalue weighted by atomic mass is 32.2. The van der Waals surface area contributed by atoms with E-state index < -0.39 is 11.8 Å². The first-order chi connectivity index (χ1) is 21.8. The van der Waals surface area contributed by atoms with Crippen LogP contribution in [0.4, 0.5) is 5.69 Å². The van der Waals surface area contributed by atoms with Crippen molar-refractivity contribution in [1.29, 1.82) is 0 Å². The third-order valence-electron chi connectivity index (χ3n) is 6.92. The molecule has 1 heterocycles. The van der Waals surface area contributed by atoms with Crippen LogP contribution in [0.25, 0.3) is 6.08 Å². The topological polar surface area (TPSA) is 123 Å². The van der Waals surface area contributed by atoms with E-state index in [9.17, 15) is 19.2 Å². The Morgan fingerprint density at radius 2 is 1.33 bits per heavy atom. The average molecular weight is 624 g/mol. The molecule has 0 fully saturated rings. The molecule has 0 spiro atoms. The Labute approximate surface area is 264 Å². The number of carbonyl (C=O) groups excluding carboxylic acids is 4. The second kappa shape index (κ2) is 13.8. The summed E-state index contributed by atoms with van der Waals surface area (Å²) < 4.78 is 16.3. The van der Waals surface area contributed by atoms with E-state index >= 15 is 0 Å². The number of anilines is 1. The van der Waals surface area contributed by atoms with Gasteiger partial charge in [0, 0.05) is 27.8 Å². The SMILES string of the molecule is COc1cc(OC)c(OC)cc1/C=C(\NC(=O)c1ccccc1)C(=O)Nc1ccc(SCN2C(=O)c3ccccc3C2=O)cc1. The summed E-state index contributed by atoms with van der Waals surface area (Å²) in [4.78, 5) is 53.9. The molecule has 45 heavy (non-hydrogen) atoms. The first-order valence-corrected chi connectivity index (χ1v) is 14.7. The van der Waals surface area contributed by atoms with Gasteiger partial charge >= 0.3 is 0 Å². The summed E-state index contributed by atoms with van der Waals surface area (Å²) in [5.41, 5.74) is 2.05. The van der Waals surface area contributed by atoms with Crippen molar-refractivity contribution in [2.75, 3.05) is 32.5 Å². The van der Waals surface area contributed by atoms with E-state index in [0.717, 1.165) is 4.90 Å². The van der Waals surface area contributed by atoms with Crippen LogP contribution in [0.3, 0.4) is 0 Å². The Kier molecular flexibility index (Phi) is 9.49. The fourth-order valence-corrected chi connectivity index (χ4v) is 5.43. The molecule has 5 rings (SSSR count). The monoisotopic (exact) mass is 623 g/mol. The molecule has 4 aromatic rings. The van der Waals surface area contributed by atoms with Crippen LogP contribution in [-0.2, 0) is 4.79 Å². The number of methoxy groups -OCH3 is 3. The van der Waals surface area contributed by atoms with Crippen LogP contribution in [-0.4, -0.2) is 55.7 Å². The molecule has 0 aliphatic carbocycles. The lowest BCUT2D eigenvalue weighted by molar-refractivity contribution is -0.113. The fraction of sp³-hybridized carbons (Fsp3) is 0.118. The van der Waals surface area contributed by atoms with Crippen molar-refractivity contribution in [2.45, 2.75) is 4.90 Å². The number of amides is 4. The van der Waals surface area contributed by atoms with Gasteiger partial charge in [0.1, 0.15) is 11.4 Å². The van der Waals surface area contributed by atoms with Gasteiger partial charge < -0.3 is 24.8 Å².